The molecule has 60 heavy (non-hydrogen) atoms. The van der Waals surface area contributed by atoms with Gasteiger partial charge in [0.2, 0.25) is 0 Å². The van der Waals surface area contributed by atoms with Gasteiger partial charge in [0.25, 0.3) is 11.8 Å². The fourth-order valence-electron chi connectivity index (χ4n) is 6.73. The van der Waals surface area contributed by atoms with E-state index in [-0.39, 0.29) is 88.3 Å². The highest BCUT2D eigenvalue weighted by atomic mass is 16.6. The third-order valence-electron chi connectivity index (χ3n) is 9.76. The predicted octanol–water partition coefficient (Wildman–Crippen LogP) is 4.76. The number of ether oxygens (including phenoxy) is 6. The van der Waals surface area contributed by atoms with Crippen LogP contribution in [0.15, 0.2) is 97.3 Å². The molecule has 2 atom stereocenters. The molecule has 0 saturated carbocycles. The highest BCUT2D eigenvalue weighted by Crippen LogP contribution is 2.31. The standard InChI is InChI=1S/C44H44N4O12/c49-41(47-35(43(51)52)21-29-25-45-33-7-3-1-5-31(29)33)27-9-11-37-39(23-27)59-19-15-56-16-20-60-40-24-28(10-12-38(40)58-18-14-55-13-17-57-37)42(50)48-36(44(53)54)22-30-26-46-34-8-4-2-6-32(30)34/h1-12,23-26,35-36,45-46H,13-22H2,(H,47,49)(H,48,50)(H,51,52)(H,53,54)/t35-,36-/m0/s1. The molecule has 4 aromatic carbocycles. The lowest BCUT2D eigenvalue weighted by Crippen LogP contribution is -2.42. The molecule has 16 heteroatoms. The zero-order chi connectivity index (χ0) is 41.8. The minimum Gasteiger partial charge on any atom is -0.487 e. The number of carboxylic acid groups (broad SMARTS) is 2. The number of amides is 2. The summed E-state index contributed by atoms with van der Waals surface area (Å²) >= 11 is 0. The molecule has 1 aliphatic heterocycles. The molecular formula is C44H44N4O12. The van der Waals surface area contributed by atoms with Crippen molar-refractivity contribution >= 4 is 45.6 Å². The molecule has 2 aromatic heterocycles. The van der Waals surface area contributed by atoms with Crippen LogP contribution in [0.3, 0.4) is 0 Å². The molecule has 16 nitrogen and oxygen atoms in total. The fraction of sp³-hybridized carbons (Fsp3) is 0.273. The summed E-state index contributed by atoms with van der Waals surface area (Å²) in [5, 5.41) is 26.9. The summed E-state index contributed by atoms with van der Waals surface area (Å²) in [4.78, 5) is 57.4. The smallest absolute Gasteiger partial charge is 0.326 e. The molecule has 0 unspecified atom stereocenters. The summed E-state index contributed by atoms with van der Waals surface area (Å²) in [5.41, 5.74) is 3.60. The molecule has 0 aliphatic carbocycles. The minimum absolute atomic E-state index is 0.0730. The van der Waals surface area contributed by atoms with Crippen molar-refractivity contribution in [2.24, 2.45) is 0 Å². The summed E-state index contributed by atoms with van der Waals surface area (Å²) < 4.78 is 35.2. The lowest BCUT2D eigenvalue weighted by molar-refractivity contribution is -0.140. The summed E-state index contributed by atoms with van der Waals surface area (Å²) in [6.07, 6.45) is 3.63. The number of H-pyrrole nitrogens is 2. The number of aromatic nitrogens is 2. The third kappa shape index (κ3) is 10.3. The van der Waals surface area contributed by atoms with Crippen LogP contribution in [0.1, 0.15) is 31.8 Å². The van der Waals surface area contributed by atoms with Gasteiger partial charge in [0.15, 0.2) is 23.0 Å². The van der Waals surface area contributed by atoms with E-state index in [1.54, 1.807) is 24.5 Å². The van der Waals surface area contributed by atoms with Crippen LogP contribution in [0.25, 0.3) is 21.8 Å². The molecule has 7 rings (SSSR count). The summed E-state index contributed by atoms with van der Waals surface area (Å²) in [6.45, 7) is 1.06. The average molecular weight is 821 g/mol. The number of benzene rings is 4. The van der Waals surface area contributed by atoms with E-state index in [4.69, 9.17) is 28.4 Å². The first-order chi connectivity index (χ1) is 29.2. The fourth-order valence-corrected chi connectivity index (χ4v) is 6.73. The largest absolute Gasteiger partial charge is 0.487 e. The molecule has 0 fully saturated rings. The van der Waals surface area contributed by atoms with Gasteiger partial charge in [-0.1, -0.05) is 36.4 Å². The van der Waals surface area contributed by atoms with E-state index in [1.165, 1.54) is 24.3 Å². The number of nitrogens with one attached hydrogen (secondary N) is 4. The van der Waals surface area contributed by atoms with Crippen molar-refractivity contribution in [2.45, 2.75) is 24.9 Å². The quantitative estimate of drug-likeness (QED) is 0.110. The second-order valence-corrected chi connectivity index (χ2v) is 13.8. The van der Waals surface area contributed by atoms with Crippen LogP contribution in [0.2, 0.25) is 0 Å². The Balaban J connectivity index is 0.960. The highest BCUT2D eigenvalue weighted by Gasteiger charge is 2.25. The molecule has 0 spiro atoms. The number of para-hydroxylation sites is 2. The number of fused-ring (bicyclic) bond motifs is 4. The maximum absolute atomic E-state index is 13.4. The van der Waals surface area contributed by atoms with E-state index in [2.05, 4.69) is 20.6 Å². The van der Waals surface area contributed by atoms with Crippen molar-refractivity contribution in [2.75, 3.05) is 52.9 Å². The lowest BCUT2D eigenvalue weighted by Gasteiger charge is -2.18. The van der Waals surface area contributed by atoms with Gasteiger partial charge < -0.3 is 59.2 Å². The van der Waals surface area contributed by atoms with Gasteiger partial charge in [0.1, 0.15) is 38.5 Å². The zero-order valence-corrected chi connectivity index (χ0v) is 32.4. The van der Waals surface area contributed by atoms with Crippen molar-refractivity contribution in [3.05, 3.63) is 120 Å². The Morgan fingerprint density at radius 2 is 0.900 bits per heavy atom. The number of hydrogen-bond acceptors (Lipinski definition) is 10. The molecule has 6 N–H and O–H groups in total. The number of hydrogen-bond donors (Lipinski definition) is 6. The Morgan fingerprint density at radius 3 is 1.30 bits per heavy atom. The Morgan fingerprint density at radius 1 is 0.517 bits per heavy atom. The van der Waals surface area contributed by atoms with Gasteiger partial charge in [0, 0.05) is 58.2 Å². The molecule has 0 radical (unpaired) electrons. The van der Waals surface area contributed by atoms with Crippen LogP contribution in [-0.2, 0) is 31.9 Å². The first kappa shape index (κ1) is 41.1. The Kier molecular flexibility index (Phi) is 13.4. The van der Waals surface area contributed by atoms with Crippen LogP contribution in [0.5, 0.6) is 23.0 Å². The van der Waals surface area contributed by atoms with E-state index >= 15 is 0 Å². The zero-order valence-electron chi connectivity index (χ0n) is 32.4. The van der Waals surface area contributed by atoms with Gasteiger partial charge in [-0.3, -0.25) is 9.59 Å². The van der Waals surface area contributed by atoms with Crippen molar-refractivity contribution in [3.63, 3.8) is 0 Å². The molecule has 0 bridgehead atoms. The SMILES string of the molecule is O=C(N[C@@H](Cc1c[nH]c2ccccc12)C(=O)O)c1ccc2c(c1)OCCOCCOc1cc(C(=O)N[C@@H](Cc3c[nH]c4ccccc34)C(=O)O)ccc1OCCOCCO2. The number of aliphatic carboxylic acids is 2. The number of rotatable bonds is 10. The molecular weight excluding hydrogens is 776 g/mol. The van der Waals surface area contributed by atoms with Crippen LogP contribution in [0, 0.1) is 0 Å². The van der Waals surface area contributed by atoms with Gasteiger partial charge in [-0.15, -0.1) is 0 Å². The van der Waals surface area contributed by atoms with Crippen LogP contribution >= 0.6 is 0 Å². The maximum atomic E-state index is 13.4. The van der Waals surface area contributed by atoms with Gasteiger partial charge >= 0.3 is 11.9 Å². The topological polar surface area (TPSA) is 220 Å². The van der Waals surface area contributed by atoms with Crippen molar-refractivity contribution in [3.8, 4) is 23.0 Å². The molecule has 3 heterocycles. The Hall–Kier alpha value is -7.04. The normalized spacial score (nSPS) is 14.9. The number of aromatic amines is 2. The summed E-state index contributed by atoms with van der Waals surface area (Å²) in [5.74, 6) is -2.34. The van der Waals surface area contributed by atoms with Crippen molar-refractivity contribution < 1.29 is 57.8 Å². The van der Waals surface area contributed by atoms with Gasteiger partial charge in [-0.2, -0.15) is 0 Å². The van der Waals surface area contributed by atoms with Gasteiger partial charge in [-0.05, 0) is 59.7 Å². The number of carbonyl (C=O) groups is 4. The molecule has 1 aliphatic rings. The first-order valence-corrected chi connectivity index (χ1v) is 19.4. The van der Waals surface area contributed by atoms with E-state index in [1.807, 2.05) is 48.5 Å². The Labute approximate surface area is 343 Å². The summed E-state index contributed by atoms with van der Waals surface area (Å²) in [6, 6.07) is 21.8. The van der Waals surface area contributed by atoms with E-state index in [0.29, 0.717) is 11.5 Å². The lowest BCUT2D eigenvalue weighted by atomic mass is 10.0. The third-order valence-corrected chi connectivity index (χ3v) is 9.76. The average Bonchev–Trinajstić information content (AvgIpc) is 3.86. The molecule has 312 valence electrons. The van der Waals surface area contributed by atoms with Crippen LogP contribution in [-0.4, -0.2) is 109 Å². The van der Waals surface area contributed by atoms with Gasteiger partial charge in [0.05, 0.1) is 26.4 Å². The summed E-state index contributed by atoms with van der Waals surface area (Å²) in [7, 11) is 0. The van der Waals surface area contributed by atoms with Crippen molar-refractivity contribution in [1.82, 2.24) is 20.6 Å². The molecule has 0 saturated heterocycles. The first-order valence-electron chi connectivity index (χ1n) is 19.4. The number of carbonyl (C=O) groups excluding carboxylic acids is 2. The minimum atomic E-state index is -1.19. The van der Waals surface area contributed by atoms with Gasteiger partial charge in [-0.25, -0.2) is 9.59 Å². The van der Waals surface area contributed by atoms with Crippen LogP contribution < -0.4 is 29.6 Å². The highest BCUT2D eigenvalue weighted by molar-refractivity contribution is 5.98. The number of carboxylic acids is 2. The van der Waals surface area contributed by atoms with E-state index in [9.17, 15) is 29.4 Å². The predicted molar refractivity (Wildman–Crippen MR) is 218 cm³/mol. The monoisotopic (exact) mass is 820 g/mol. The van der Waals surface area contributed by atoms with Crippen molar-refractivity contribution in [1.29, 1.82) is 0 Å². The maximum Gasteiger partial charge on any atom is 0.326 e. The van der Waals surface area contributed by atoms with Crippen LogP contribution in [0.4, 0.5) is 0 Å². The Bertz CT molecular complexity index is 2290. The molecule has 2 amide bonds. The van der Waals surface area contributed by atoms with E-state index in [0.717, 1.165) is 32.9 Å². The second kappa shape index (κ2) is 19.6. The second-order valence-electron chi connectivity index (χ2n) is 13.8. The van der Waals surface area contributed by atoms with E-state index < -0.39 is 35.8 Å². The molecule has 6 aromatic rings.